The number of aryl methyl sites for hydroxylation is 1. The molecule has 2 aromatic heterocycles. The van der Waals surface area contributed by atoms with Crippen molar-refractivity contribution in [1.82, 2.24) is 15.0 Å². The van der Waals surface area contributed by atoms with E-state index in [2.05, 4.69) is 21.0 Å². The summed E-state index contributed by atoms with van der Waals surface area (Å²) in [7, 11) is 1.60. The minimum atomic E-state index is 0.460. The molecule has 0 radical (unpaired) electrons. The van der Waals surface area contributed by atoms with Gasteiger partial charge in [-0.25, -0.2) is 9.97 Å². The Hall–Kier alpha value is -2.99. The Morgan fingerprint density at radius 2 is 1.96 bits per heavy atom. The van der Waals surface area contributed by atoms with E-state index >= 15 is 0 Å². The van der Waals surface area contributed by atoms with Crippen molar-refractivity contribution >= 4 is 33.4 Å². The normalized spacial score (nSPS) is 11.1. The first-order valence-corrected chi connectivity index (χ1v) is 9.50. The number of nitrogens with zero attached hydrogens (tertiary/aromatic N) is 2. The molecule has 7 heteroatoms. The summed E-state index contributed by atoms with van der Waals surface area (Å²) in [5.41, 5.74) is 2.88. The third kappa shape index (κ3) is 3.68. The first-order valence-electron chi connectivity index (χ1n) is 8.96. The summed E-state index contributed by atoms with van der Waals surface area (Å²) in [6.07, 6.45) is 2.23. The van der Waals surface area contributed by atoms with Crippen molar-refractivity contribution in [3.8, 4) is 23.1 Å². The van der Waals surface area contributed by atoms with Crippen LogP contribution in [0.15, 0.2) is 42.7 Å². The van der Waals surface area contributed by atoms with Gasteiger partial charge in [0.25, 0.3) is 0 Å². The summed E-state index contributed by atoms with van der Waals surface area (Å²) in [6, 6.07) is 11.6. The minimum absolute atomic E-state index is 0.460. The molecule has 144 valence electrons. The number of aromatic amines is 1. The van der Waals surface area contributed by atoms with Gasteiger partial charge in [-0.15, -0.1) is 11.6 Å². The van der Waals surface area contributed by atoms with Crippen LogP contribution < -0.4 is 14.2 Å². The van der Waals surface area contributed by atoms with Gasteiger partial charge < -0.3 is 19.2 Å². The first kappa shape index (κ1) is 18.4. The average Bonchev–Trinajstić information content (AvgIpc) is 3.07. The molecule has 0 atom stereocenters. The Morgan fingerprint density at radius 1 is 1.07 bits per heavy atom. The lowest BCUT2D eigenvalue weighted by Crippen LogP contribution is -2.01. The van der Waals surface area contributed by atoms with Crippen LogP contribution in [0.4, 0.5) is 0 Å². The molecule has 0 saturated heterocycles. The molecule has 2 heterocycles. The van der Waals surface area contributed by atoms with E-state index in [-0.39, 0.29) is 0 Å². The highest BCUT2D eigenvalue weighted by molar-refractivity contribution is 6.17. The predicted octanol–water partition coefficient (Wildman–Crippen LogP) is 5.23. The van der Waals surface area contributed by atoms with Crippen LogP contribution in [0, 0.1) is 6.92 Å². The van der Waals surface area contributed by atoms with Crippen LogP contribution >= 0.6 is 11.6 Å². The van der Waals surface area contributed by atoms with E-state index < -0.39 is 0 Å². The average molecular weight is 398 g/mol. The second-order valence-electron chi connectivity index (χ2n) is 6.39. The van der Waals surface area contributed by atoms with Crippen molar-refractivity contribution in [1.29, 1.82) is 0 Å². The zero-order valence-corrected chi connectivity index (χ0v) is 16.4. The second kappa shape index (κ2) is 7.94. The second-order valence-corrected chi connectivity index (χ2v) is 6.77. The molecule has 4 aromatic rings. The van der Waals surface area contributed by atoms with Gasteiger partial charge in [-0.3, -0.25) is 0 Å². The Balaban J connectivity index is 1.69. The molecule has 0 bridgehead atoms. The SMILES string of the molecule is COc1cc2c(Oc3ccc4[nH]c(C)cc4c3)ncnc2cc1OCCCCl. The lowest BCUT2D eigenvalue weighted by Gasteiger charge is -2.13. The molecule has 0 aliphatic rings. The molecule has 0 aliphatic heterocycles. The minimum Gasteiger partial charge on any atom is -0.493 e. The largest absolute Gasteiger partial charge is 0.493 e. The number of methoxy groups -OCH3 is 1. The van der Waals surface area contributed by atoms with Crippen LogP contribution in [0.5, 0.6) is 23.1 Å². The molecule has 0 spiro atoms. The van der Waals surface area contributed by atoms with Gasteiger partial charge in [0.05, 0.1) is 24.6 Å². The number of nitrogens with one attached hydrogen (secondary N) is 1. The van der Waals surface area contributed by atoms with E-state index in [9.17, 15) is 0 Å². The van der Waals surface area contributed by atoms with Gasteiger partial charge in [-0.1, -0.05) is 0 Å². The summed E-state index contributed by atoms with van der Waals surface area (Å²) in [5, 5.41) is 1.83. The van der Waals surface area contributed by atoms with Gasteiger partial charge in [0.2, 0.25) is 5.88 Å². The lowest BCUT2D eigenvalue weighted by atomic mass is 10.2. The molecule has 0 fully saturated rings. The van der Waals surface area contributed by atoms with E-state index in [0.29, 0.717) is 41.1 Å². The standard InChI is InChI=1S/C21H20ClN3O3/c1-13-8-14-9-15(4-5-17(14)25-13)28-21-16-10-19(26-2)20(27-7-3-6-22)11-18(16)23-12-24-21/h4-5,8-12,25H,3,6-7H2,1-2H3. The Morgan fingerprint density at radius 3 is 2.79 bits per heavy atom. The summed E-state index contributed by atoms with van der Waals surface area (Å²) in [4.78, 5) is 12.0. The zero-order chi connectivity index (χ0) is 19.5. The van der Waals surface area contributed by atoms with Crippen LogP contribution in [0.2, 0.25) is 0 Å². The van der Waals surface area contributed by atoms with Crippen molar-refractivity contribution in [3.05, 3.63) is 48.4 Å². The van der Waals surface area contributed by atoms with Crippen LogP contribution in [-0.2, 0) is 0 Å². The number of hydrogen-bond donors (Lipinski definition) is 1. The third-order valence-electron chi connectivity index (χ3n) is 4.36. The van der Waals surface area contributed by atoms with E-state index in [1.165, 1.54) is 6.33 Å². The van der Waals surface area contributed by atoms with Gasteiger partial charge in [-0.05, 0) is 43.7 Å². The predicted molar refractivity (Wildman–Crippen MR) is 110 cm³/mol. The topological polar surface area (TPSA) is 69.3 Å². The van der Waals surface area contributed by atoms with Gasteiger partial charge in [-0.2, -0.15) is 0 Å². The van der Waals surface area contributed by atoms with Crippen molar-refractivity contribution in [2.75, 3.05) is 19.6 Å². The molecule has 0 saturated carbocycles. The number of H-pyrrole nitrogens is 1. The molecule has 1 N–H and O–H groups in total. The van der Waals surface area contributed by atoms with Gasteiger partial charge >= 0.3 is 0 Å². The highest BCUT2D eigenvalue weighted by Gasteiger charge is 2.13. The smallest absolute Gasteiger partial charge is 0.230 e. The summed E-state index contributed by atoms with van der Waals surface area (Å²) in [5.74, 6) is 2.92. The number of ether oxygens (including phenoxy) is 3. The molecular weight excluding hydrogens is 378 g/mol. The highest BCUT2D eigenvalue weighted by Crippen LogP contribution is 2.36. The summed E-state index contributed by atoms with van der Waals surface area (Å²) in [6.45, 7) is 2.54. The number of aromatic nitrogens is 3. The highest BCUT2D eigenvalue weighted by atomic mass is 35.5. The molecule has 6 nitrogen and oxygen atoms in total. The fourth-order valence-corrected chi connectivity index (χ4v) is 3.17. The molecule has 4 rings (SSSR count). The van der Waals surface area contributed by atoms with Gasteiger partial charge in [0.1, 0.15) is 12.1 Å². The van der Waals surface area contributed by atoms with Crippen LogP contribution in [-0.4, -0.2) is 34.5 Å². The van der Waals surface area contributed by atoms with E-state index in [1.807, 2.05) is 37.3 Å². The zero-order valence-electron chi connectivity index (χ0n) is 15.7. The van der Waals surface area contributed by atoms with Crippen molar-refractivity contribution < 1.29 is 14.2 Å². The number of hydrogen-bond acceptors (Lipinski definition) is 5. The molecule has 0 unspecified atom stereocenters. The van der Waals surface area contributed by atoms with E-state index in [0.717, 1.165) is 28.4 Å². The summed E-state index contributed by atoms with van der Waals surface area (Å²) >= 11 is 5.72. The molecule has 0 aliphatic carbocycles. The van der Waals surface area contributed by atoms with E-state index in [4.69, 9.17) is 25.8 Å². The first-order chi connectivity index (χ1) is 13.7. The fourth-order valence-electron chi connectivity index (χ4n) is 3.06. The fraction of sp³-hybridized carbons (Fsp3) is 0.238. The van der Waals surface area contributed by atoms with Crippen molar-refractivity contribution in [3.63, 3.8) is 0 Å². The maximum Gasteiger partial charge on any atom is 0.230 e. The molecule has 0 amide bonds. The van der Waals surface area contributed by atoms with E-state index in [1.54, 1.807) is 7.11 Å². The number of benzene rings is 2. The maximum absolute atomic E-state index is 6.07. The van der Waals surface area contributed by atoms with Crippen LogP contribution in [0.1, 0.15) is 12.1 Å². The van der Waals surface area contributed by atoms with Gasteiger partial charge in [0, 0.05) is 28.5 Å². The third-order valence-corrected chi connectivity index (χ3v) is 4.63. The summed E-state index contributed by atoms with van der Waals surface area (Å²) < 4.78 is 17.3. The Bertz CT molecular complexity index is 1130. The quantitative estimate of drug-likeness (QED) is 0.341. The molecular formula is C21H20ClN3O3. The number of fused-ring (bicyclic) bond motifs is 2. The van der Waals surface area contributed by atoms with Crippen LogP contribution in [0.25, 0.3) is 21.8 Å². The Labute approximate surface area is 167 Å². The molecule has 28 heavy (non-hydrogen) atoms. The van der Waals surface area contributed by atoms with Crippen molar-refractivity contribution in [2.45, 2.75) is 13.3 Å². The molecule has 2 aromatic carbocycles. The van der Waals surface area contributed by atoms with Crippen molar-refractivity contribution in [2.24, 2.45) is 0 Å². The maximum atomic E-state index is 6.07. The number of halogens is 1. The monoisotopic (exact) mass is 397 g/mol. The number of rotatable bonds is 7. The number of alkyl halides is 1. The van der Waals surface area contributed by atoms with Crippen LogP contribution in [0.3, 0.4) is 0 Å². The van der Waals surface area contributed by atoms with Gasteiger partial charge in [0.15, 0.2) is 11.5 Å². The lowest BCUT2D eigenvalue weighted by molar-refractivity contribution is 0.295. The Kier molecular flexibility index (Phi) is 5.21.